The zero-order valence-corrected chi connectivity index (χ0v) is 17.9. The minimum Gasteiger partial charge on any atom is -0.444 e. The molecule has 1 aromatic carbocycles. The molecular formula is C19H22F3N3O5S. The quantitative estimate of drug-likeness (QED) is 0.689. The molecule has 1 aliphatic heterocycles. The van der Waals surface area contributed by atoms with Gasteiger partial charge >= 0.3 is 12.3 Å². The fourth-order valence-corrected chi connectivity index (χ4v) is 5.08. The van der Waals surface area contributed by atoms with E-state index in [1.54, 1.807) is 26.8 Å². The van der Waals surface area contributed by atoms with Gasteiger partial charge in [0.2, 0.25) is 5.91 Å². The van der Waals surface area contributed by atoms with Crippen LogP contribution in [0.2, 0.25) is 0 Å². The minimum absolute atomic E-state index is 0.383. The molecule has 2 atom stereocenters. The number of alkyl halides is 3. The third-order valence-electron chi connectivity index (χ3n) is 4.47. The third-order valence-corrected chi connectivity index (χ3v) is 6.66. The van der Waals surface area contributed by atoms with Crippen molar-refractivity contribution in [1.29, 1.82) is 5.26 Å². The van der Waals surface area contributed by atoms with Crippen LogP contribution in [0, 0.1) is 11.3 Å². The second kappa shape index (κ2) is 8.74. The van der Waals surface area contributed by atoms with Crippen LogP contribution in [0.15, 0.2) is 29.2 Å². The fourth-order valence-electron chi connectivity index (χ4n) is 3.17. The van der Waals surface area contributed by atoms with E-state index in [9.17, 15) is 31.2 Å². The molecule has 170 valence electrons. The highest BCUT2D eigenvalue weighted by Crippen LogP contribution is 2.37. The number of carbonyl (C=O) groups is 2. The Kier molecular flexibility index (Phi) is 6.90. The molecule has 1 fully saturated rings. The number of nitriles is 1. The zero-order chi connectivity index (χ0) is 23.6. The summed E-state index contributed by atoms with van der Waals surface area (Å²) in [6, 6.07) is 4.11. The average Bonchev–Trinajstić information content (AvgIpc) is 3.10. The molecule has 1 aliphatic rings. The first-order valence-corrected chi connectivity index (χ1v) is 10.8. The summed E-state index contributed by atoms with van der Waals surface area (Å²) in [5, 5.41) is 9.42. The van der Waals surface area contributed by atoms with Crippen LogP contribution in [0.3, 0.4) is 0 Å². The van der Waals surface area contributed by atoms with Gasteiger partial charge in [-0.05, 0) is 39.3 Å². The van der Waals surface area contributed by atoms with Crippen LogP contribution in [0.1, 0.15) is 32.8 Å². The van der Waals surface area contributed by atoms with Crippen LogP contribution < -0.4 is 5.32 Å². The van der Waals surface area contributed by atoms with Crippen molar-refractivity contribution in [2.24, 2.45) is 0 Å². The number of amides is 2. The maximum atomic E-state index is 13.4. The fraction of sp³-hybridized carbons (Fsp3) is 0.526. The molecule has 0 saturated carbocycles. The molecule has 1 aromatic rings. The second-order valence-corrected chi connectivity index (χ2v) is 10.1. The highest BCUT2D eigenvalue weighted by atomic mass is 32.2. The Hall–Kier alpha value is -2.81. The van der Waals surface area contributed by atoms with E-state index in [0.29, 0.717) is 6.07 Å². The molecule has 0 bridgehead atoms. The van der Waals surface area contributed by atoms with E-state index in [2.05, 4.69) is 5.32 Å². The van der Waals surface area contributed by atoms with E-state index >= 15 is 0 Å². The summed E-state index contributed by atoms with van der Waals surface area (Å²) in [7, 11) is -4.56. The molecule has 12 heteroatoms. The molecule has 1 N–H and O–H groups in total. The van der Waals surface area contributed by atoms with E-state index in [1.165, 1.54) is 6.07 Å². The number of ether oxygens (including phenoxy) is 1. The first-order valence-electron chi connectivity index (χ1n) is 9.23. The van der Waals surface area contributed by atoms with Gasteiger partial charge in [0.25, 0.3) is 0 Å². The number of hydrogen-bond acceptors (Lipinski definition) is 6. The predicted molar refractivity (Wildman–Crippen MR) is 102 cm³/mol. The SMILES string of the molecule is CC(C)(C)OC(=O)N1C[C@H](S(=O)(=O)c2ccccc2C(F)(F)F)C[C@H]1C(=O)NCC#N. The van der Waals surface area contributed by atoms with Crippen molar-refractivity contribution < 1.29 is 35.9 Å². The molecule has 0 unspecified atom stereocenters. The van der Waals surface area contributed by atoms with Gasteiger partial charge < -0.3 is 10.1 Å². The highest BCUT2D eigenvalue weighted by molar-refractivity contribution is 7.92. The summed E-state index contributed by atoms with van der Waals surface area (Å²) in [5.41, 5.74) is -2.28. The summed E-state index contributed by atoms with van der Waals surface area (Å²) in [4.78, 5) is 25.0. The van der Waals surface area contributed by atoms with Crippen LogP contribution in [-0.2, 0) is 25.5 Å². The number of halogens is 3. The normalized spacial score (nSPS) is 19.6. The first kappa shape index (κ1) is 24.5. The largest absolute Gasteiger partial charge is 0.444 e. The van der Waals surface area contributed by atoms with Crippen molar-refractivity contribution in [3.8, 4) is 6.07 Å². The Labute approximate surface area is 177 Å². The van der Waals surface area contributed by atoms with E-state index in [-0.39, 0.29) is 6.54 Å². The lowest BCUT2D eigenvalue weighted by Gasteiger charge is -2.27. The van der Waals surface area contributed by atoms with Crippen molar-refractivity contribution in [3.05, 3.63) is 29.8 Å². The van der Waals surface area contributed by atoms with Gasteiger partial charge in [0.05, 0.1) is 21.8 Å². The Bertz CT molecular complexity index is 996. The molecule has 0 radical (unpaired) electrons. The number of nitrogens with zero attached hydrogens (tertiary/aromatic N) is 2. The molecular weight excluding hydrogens is 439 g/mol. The maximum absolute atomic E-state index is 13.4. The Morgan fingerprint density at radius 1 is 1.26 bits per heavy atom. The lowest BCUT2D eigenvalue weighted by molar-refractivity contribution is -0.139. The Balaban J connectivity index is 2.43. The summed E-state index contributed by atoms with van der Waals surface area (Å²) >= 11 is 0. The number of hydrogen-bond donors (Lipinski definition) is 1. The first-order chi connectivity index (χ1) is 14.2. The Morgan fingerprint density at radius 3 is 2.42 bits per heavy atom. The molecule has 1 heterocycles. The van der Waals surface area contributed by atoms with Gasteiger partial charge in [-0.1, -0.05) is 12.1 Å². The number of nitrogens with one attached hydrogen (secondary N) is 1. The summed E-state index contributed by atoms with van der Waals surface area (Å²) in [5.74, 6) is -0.797. The molecule has 0 aliphatic carbocycles. The van der Waals surface area contributed by atoms with Gasteiger partial charge in [0.1, 0.15) is 18.2 Å². The lowest BCUT2D eigenvalue weighted by Crippen LogP contribution is -2.47. The van der Waals surface area contributed by atoms with E-state index < -0.39 is 68.3 Å². The Morgan fingerprint density at radius 2 is 1.87 bits per heavy atom. The van der Waals surface area contributed by atoms with Crippen LogP contribution in [0.25, 0.3) is 0 Å². The summed E-state index contributed by atoms with van der Waals surface area (Å²) in [6.45, 7) is 3.79. The molecule has 0 aromatic heterocycles. The van der Waals surface area contributed by atoms with Crippen molar-refractivity contribution >= 4 is 21.8 Å². The van der Waals surface area contributed by atoms with Crippen LogP contribution in [-0.4, -0.2) is 55.3 Å². The topological polar surface area (TPSA) is 117 Å². The number of carbonyl (C=O) groups excluding carboxylic acids is 2. The standard InChI is InChI=1S/C19H22F3N3O5S/c1-18(2,3)30-17(27)25-11-12(10-14(25)16(26)24-9-8-23)31(28,29)15-7-5-4-6-13(15)19(20,21)22/h4-7,12,14H,9-11H2,1-3H3,(H,24,26)/t12-,14+/m1/s1. The van der Waals surface area contributed by atoms with Crippen LogP contribution >= 0.6 is 0 Å². The van der Waals surface area contributed by atoms with Crippen molar-refractivity contribution in [2.45, 2.75) is 55.2 Å². The van der Waals surface area contributed by atoms with Gasteiger partial charge in [-0.25, -0.2) is 13.2 Å². The smallest absolute Gasteiger partial charge is 0.417 e. The minimum atomic E-state index is -4.91. The summed E-state index contributed by atoms with van der Waals surface area (Å²) in [6.07, 6.45) is -6.33. The second-order valence-electron chi connectivity index (χ2n) is 7.92. The number of sulfone groups is 1. The van der Waals surface area contributed by atoms with Gasteiger partial charge in [-0.15, -0.1) is 0 Å². The van der Waals surface area contributed by atoms with Gasteiger partial charge in [0.15, 0.2) is 9.84 Å². The monoisotopic (exact) mass is 461 g/mol. The van der Waals surface area contributed by atoms with Crippen molar-refractivity contribution in [2.75, 3.05) is 13.1 Å². The van der Waals surface area contributed by atoms with Crippen LogP contribution in [0.5, 0.6) is 0 Å². The van der Waals surface area contributed by atoms with Crippen LogP contribution in [0.4, 0.5) is 18.0 Å². The molecule has 31 heavy (non-hydrogen) atoms. The lowest BCUT2D eigenvalue weighted by atomic mass is 10.2. The zero-order valence-electron chi connectivity index (χ0n) is 17.1. The molecule has 1 saturated heterocycles. The van der Waals surface area contributed by atoms with Gasteiger partial charge in [-0.2, -0.15) is 18.4 Å². The van der Waals surface area contributed by atoms with E-state index in [4.69, 9.17) is 10.00 Å². The average molecular weight is 461 g/mol. The highest BCUT2D eigenvalue weighted by Gasteiger charge is 2.48. The third kappa shape index (κ3) is 5.66. The van der Waals surface area contributed by atoms with Crippen molar-refractivity contribution in [3.63, 3.8) is 0 Å². The van der Waals surface area contributed by atoms with E-state index in [0.717, 1.165) is 17.0 Å². The van der Waals surface area contributed by atoms with E-state index in [1.807, 2.05) is 0 Å². The summed E-state index contributed by atoms with van der Waals surface area (Å²) < 4.78 is 71.4. The predicted octanol–water partition coefficient (Wildman–Crippen LogP) is 2.50. The number of rotatable bonds is 4. The number of benzene rings is 1. The molecule has 0 spiro atoms. The van der Waals surface area contributed by atoms with Gasteiger partial charge in [-0.3, -0.25) is 9.69 Å². The molecule has 8 nitrogen and oxygen atoms in total. The molecule has 2 amide bonds. The maximum Gasteiger partial charge on any atom is 0.417 e. The van der Waals surface area contributed by atoms with Gasteiger partial charge in [0, 0.05) is 6.54 Å². The molecule has 2 rings (SSSR count). The number of likely N-dealkylation sites (tertiary alicyclic amines) is 1. The van der Waals surface area contributed by atoms with Crippen molar-refractivity contribution in [1.82, 2.24) is 10.2 Å².